The Morgan fingerprint density at radius 2 is 1.95 bits per heavy atom. The SMILES string of the molecule is Cc1cc(S(=O)(=O)NC2CCNC(C)C2)c(F)cc1F.Cl. The van der Waals surface area contributed by atoms with Crippen molar-refractivity contribution < 1.29 is 17.2 Å². The van der Waals surface area contributed by atoms with Crippen LogP contribution in [-0.4, -0.2) is 27.0 Å². The molecule has 1 saturated heterocycles. The number of piperidine rings is 1. The first-order chi connectivity index (χ1) is 9.29. The van der Waals surface area contributed by atoms with Crippen molar-refractivity contribution in [3.8, 4) is 0 Å². The molecule has 0 saturated carbocycles. The molecule has 120 valence electrons. The van der Waals surface area contributed by atoms with Crippen molar-refractivity contribution in [3.05, 3.63) is 29.3 Å². The van der Waals surface area contributed by atoms with Gasteiger partial charge in [-0.15, -0.1) is 12.4 Å². The molecule has 0 aromatic heterocycles. The fourth-order valence-electron chi connectivity index (χ4n) is 2.36. The van der Waals surface area contributed by atoms with Gasteiger partial charge in [0, 0.05) is 18.2 Å². The van der Waals surface area contributed by atoms with Gasteiger partial charge in [-0.05, 0) is 44.9 Å². The van der Waals surface area contributed by atoms with E-state index in [1.807, 2.05) is 6.92 Å². The number of halogens is 3. The first-order valence-electron chi connectivity index (χ1n) is 6.51. The van der Waals surface area contributed by atoms with Crippen LogP contribution in [0.2, 0.25) is 0 Å². The predicted molar refractivity (Wildman–Crippen MR) is 79.2 cm³/mol. The van der Waals surface area contributed by atoms with Crippen molar-refractivity contribution >= 4 is 22.4 Å². The number of nitrogens with one attached hydrogen (secondary N) is 2. The molecular weight excluding hydrogens is 322 g/mol. The van der Waals surface area contributed by atoms with Crippen LogP contribution in [0.4, 0.5) is 8.78 Å². The average Bonchev–Trinajstić information content (AvgIpc) is 2.33. The minimum Gasteiger partial charge on any atom is -0.314 e. The maximum Gasteiger partial charge on any atom is 0.243 e. The van der Waals surface area contributed by atoms with Crippen molar-refractivity contribution in [1.82, 2.24) is 10.0 Å². The van der Waals surface area contributed by atoms with Crippen LogP contribution in [-0.2, 0) is 10.0 Å². The molecule has 1 aliphatic rings. The first kappa shape index (κ1) is 18.3. The zero-order valence-electron chi connectivity index (χ0n) is 11.8. The molecule has 0 amide bonds. The summed E-state index contributed by atoms with van der Waals surface area (Å²) < 4.78 is 53.8. The topological polar surface area (TPSA) is 58.2 Å². The van der Waals surface area contributed by atoms with E-state index in [-0.39, 0.29) is 30.1 Å². The highest BCUT2D eigenvalue weighted by atomic mass is 35.5. The second kappa shape index (κ2) is 7.00. The second-order valence-electron chi connectivity index (χ2n) is 5.23. The fraction of sp³-hybridized carbons (Fsp3) is 0.538. The Kier molecular flexibility index (Phi) is 6.10. The van der Waals surface area contributed by atoms with E-state index in [9.17, 15) is 17.2 Å². The number of hydrogen-bond acceptors (Lipinski definition) is 3. The number of aryl methyl sites for hydroxylation is 1. The Hall–Kier alpha value is -0.760. The summed E-state index contributed by atoms with van der Waals surface area (Å²) in [4.78, 5) is -0.498. The van der Waals surface area contributed by atoms with Crippen LogP contribution < -0.4 is 10.0 Å². The normalized spacial score (nSPS) is 22.7. The van der Waals surface area contributed by atoms with E-state index >= 15 is 0 Å². The molecule has 2 unspecified atom stereocenters. The lowest BCUT2D eigenvalue weighted by Crippen LogP contribution is -2.46. The van der Waals surface area contributed by atoms with Crippen molar-refractivity contribution in [2.45, 2.75) is 43.7 Å². The molecule has 2 rings (SSSR count). The van der Waals surface area contributed by atoms with Gasteiger partial charge in [-0.3, -0.25) is 0 Å². The Morgan fingerprint density at radius 3 is 2.57 bits per heavy atom. The average molecular weight is 341 g/mol. The zero-order chi connectivity index (χ0) is 14.9. The van der Waals surface area contributed by atoms with Gasteiger partial charge < -0.3 is 5.32 Å². The number of benzene rings is 1. The molecule has 1 fully saturated rings. The van der Waals surface area contributed by atoms with Gasteiger partial charge in [0.05, 0.1) is 0 Å². The fourth-order valence-corrected chi connectivity index (χ4v) is 3.79. The molecule has 1 heterocycles. The molecular formula is C13H19ClF2N2O2S. The summed E-state index contributed by atoms with van der Waals surface area (Å²) in [7, 11) is -3.97. The second-order valence-corrected chi connectivity index (χ2v) is 6.91. The Morgan fingerprint density at radius 1 is 1.29 bits per heavy atom. The lowest BCUT2D eigenvalue weighted by Gasteiger charge is -2.28. The summed E-state index contributed by atoms with van der Waals surface area (Å²) in [6.45, 7) is 4.07. The summed E-state index contributed by atoms with van der Waals surface area (Å²) >= 11 is 0. The van der Waals surface area contributed by atoms with Crippen molar-refractivity contribution in [2.24, 2.45) is 0 Å². The Labute approximate surface area is 129 Å². The molecule has 2 N–H and O–H groups in total. The highest BCUT2D eigenvalue weighted by Gasteiger charge is 2.27. The van der Waals surface area contributed by atoms with E-state index in [1.165, 1.54) is 6.92 Å². The molecule has 1 aliphatic heterocycles. The van der Waals surface area contributed by atoms with Gasteiger partial charge in [0.15, 0.2) is 0 Å². The quantitative estimate of drug-likeness (QED) is 0.886. The van der Waals surface area contributed by atoms with Gasteiger partial charge in [0.25, 0.3) is 0 Å². The van der Waals surface area contributed by atoms with Gasteiger partial charge in [0.2, 0.25) is 10.0 Å². The molecule has 8 heteroatoms. The van der Waals surface area contributed by atoms with E-state index in [1.54, 1.807) is 0 Å². The van der Waals surface area contributed by atoms with Crippen LogP contribution in [0.15, 0.2) is 17.0 Å². The number of hydrogen-bond donors (Lipinski definition) is 2. The Balaban J connectivity index is 0.00000220. The third-order valence-corrected chi connectivity index (χ3v) is 4.98. The molecule has 21 heavy (non-hydrogen) atoms. The van der Waals surface area contributed by atoms with Gasteiger partial charge >= 0.3 is 0 Å². The van der Waals surface area contributed by atoms with Crippen LogP contribution in [0.25, 0.3) is 0 Å². The van der Waals surface area contributed by atoms with Crippen molar-refractivity contribution in [1.29, 1.82) is 0 Å². The first-order valence-corrected chi connectivity index (χ1v) is 7.99. The summed E-state index contributed by atoms with van der Waals surface area (Å²) in [5.74, 6) is -1.82. The van der Waals surface area contributed by atoms with Gasteiger partial charge in [0.1, 0.15) is 16.5 Å². The molecule has 0 aliphatic carbocycles. The zero-order valence-corrected chi connectivity index (χ0v) is 13.5. The minimum absolute atomic E-state index is 0. The monoisotopic (exact) mass is 340 g/mol. The predicted octanol–water partition coefficient (Wildman–Crippen LogP) is 2.11. The smallest absolute Gasteiger partial charge is 0.243 e. The van der Waals surface area contributed by atoms with Gasteiger partial charge in [-0.1, -0.05) is 0 Å². The third kappa shape index (κ3) is 4.35. The molecule has 0 bridgehead atoms. The lowest BCUT2D eigenvalue weighted by atomic mass is 10.0. The van der Waals surface area contributed by atoms with E-state index in [4.69, 9.17) is 0 Å². The number of sulfonamides is 1. The molecule has 0 spiro atoms. The van der Waals surface area contributed by atoms with E-state index in [2.05, 4.69) is 10.0 Å². The minimum atomic E-state index is -3.97. The van der Waals surface area contributed by atoms with E-state index in [0.717, 1.165) is 6.07 Å². The molecule has 2 atom stereocenters. The standard InChI is InChI=1S/C13H18F2N2O2S.ClH/c1-8-5-13(12(15)7-11(8)14)20(18,19)17-10-3-4-16-9(2)6-10;/h5,7,9-10,16-17H,3-4,6H2,1-2H3;1H. The van der Waals surface area contributed by atoms with E-state index < -0.39 is 26.6 Å². The highest BCUT2D eigenvalue weighted by Crippen LogP contribution is 2.20. The van der Waals surface area contributed by atoms with Crippen LogP contribution in [0.1, 0.15) is 25.3 Å². The van der Waals surface area contributed by atoms with Crippen molar-refractivity contribution in [2.75, 3.05) is 6.54 Å². The van der Waals surface area contributed by atoms with E-state index in [0.29, 0.717) is 25.5 Å². The van der Waals surface area contributed by atoms with Crippen LogP contribution >= 0.6 is 12.4 Å². The molecule has 1 aromatic rings. The Bertz CT molecular complexity index is 610. The lowest BCUT2D eigenvalue weighted by molar-refractivity contribution is 0.361. The van der Waals surface area contributed by atoms with Crippen LogP contribution in [0.3, 0.4) is 0 Å². The highest BCUT2D eigenvalue weighted by molar-refractivity contribution is 7.89. The van der Waals surface area contributed by atoms with Gasteiger partial charge in [-0.2, -0.15) is 0 Å². The molecule has 0 radical (unpaired) electrons. The maximum atomic E-state index is 13.7. The van der Waals surface area contributed by atoms with Gasteiger partial charge in [-0.25, -0.2) is 21.9 Å². The summed E-state index contributed by atoms with van der Waals surface area (Å²) in [6.07, 6.45) is 1.28. The number of rotatable bonds is 3. The van der Waals surface area contributed by atoms with Crippen LogP contribution in [0, 0.1) is 18.6 Å². The van der Waals surface area contributed by atoms with Crippen LogP contribution in [0.5, 0.6) is 0 Å². The summed E-state index contributed by atoms with van der Waals surface area (Å²) in [6, 6.07) is 1.60. The molecule has 4 nitrogen and oxygen atoms in total. The van der Waals surface area contributed by atoms with Crippen molar-refractivity contribution in [3.63, 3.8) is 0 Å². The largest absolute Gasteiger partial charge is 0.314 e. The summed E-state index contributed by atoms with van der Waals surface area (Å²) in [5.41, 5.74) is 0.102. The third-order valence-electron chi connectivity index (χ3n) is 3.45. The summed E-state index contributed by atoms with van der Waals surface area (Å²) in [5, 5.41) is 3.21. The maximum absolute atomic E-state index is 13.7. The molecule has 1 aromatic carbocycles.